The summed E-state index contributed by atoms with van der Waals surface area (Å²) in [4.78, 5) is 43.0. The number of halogens is 6. The standard InChI is InChI=1S/C24H12Br2Cl4N2O4/c1-36-13-7-2-9(8-12(13)26)20-21(24(35)31(20)11-5-3-10(25)4-6-11)32-22(33)14-15(23(32)34)17(28)19(30)18(29)16(14)27/h2-8,20-21H,1H3/t20-,21-/m1/s1. The predicted octanol–water partition coefficient (Wildman–Crippen LogP) is 7.59. The van der Waals surface area contributed by atoms with Gasteiger partial charge < -0.3 is 9.64 Å². The van der Waals surface area contributed by atoms with E-state index < -0.39 is 29.8 Å². The zero-order chi connectivity index (χ0) is 26.0. The van der Waals surface area contributed by atoms with Gasteiger partial charge in [0, 0.05) is 10.2 Å². The van der Waals surface area contributed by atoms with E-state index in [9.17, 15) is 14.4 Å². The van der Waals surface area contributed by atoms with Crippen molar-refractivity contribution in [2.45, 2.75) is 12.1 Å². The molecule has 0 aliphatic carbocycles. The summed E-state index contributed by atoms with van der Waals surface area (Å²) in [6.45, 7) is 0. The lowest BCUT2D eigenvalue weighted by atomic mass is 9.86. The maximum absolute atomic E-state index is 13.6. The number of nitrogens with zero attached hydrogens (tertiary/aromatic N) is 2. The smallest absolute Gasteiger partial charge is 0.264 e. The van der Waals surface area contributed by atoms with Crippen LogP contribution in [0.15, 0.2) is 51.4 Å². The third kappa shape index (κ3) is 3.77. The van der Waals surface area contributed by atoms with E-state index in [1.165, 1.54) is 12.0 Å². The summed E-state index contributed by atoms with van der Waals surface area (Å²) in [6, 6.07) is 10.5. The molecule has 0 saturated carbocycles. The van der Waals surface area contributed by atoms with Crippen LogP contribution in [0.2, 0.25) is 20.1 Å². The molecule has 0 radical (unpaired) electrons. The van der Waals surface area contributed by atoms with Crippen LogP contribution in [0.5, 0.6) is 5.75 Å². The van der Waals surface area contributed by atoms with Gasteiger partial charge in [0.1, 0.15) is 11.8 Å². The number of carbonyl (C=O) groups is 3. The topological polar surface area (TPSA) is 66.9 Å². The number of carbonyl (C=O) groups excluding carboxylic acids is 3. The molecule has 36 heavy (non-hydrogen) atoms. The number of fused-ring (bicyclic) bond motifs is 1. The van der Waals surface area contributed by atoms with Gasteiger partial charge in [0.05, 0.1) is 48.8 Å². The Labute approximate surface area is 242 Å². The van der Waals surface area contributed by atoms with E-state index in [0.29, 0.717) is 21.5 Å². The van der Waals surface area contributed by atoms with Crippen LogP contribution in [-0.2, 0) is 4.79 Å². The molecule has 3 amide bonds. The molecule has 6 nitrogen and oxygen atoms in total. The van der Waals surface area contributed by atoms with Crippen molar-refractivity contribution in [2.24, 2.45) is 0 Å². The first kappa shape index (κ1) is 25.8. The predicted molar refractivity (Wildman–Crippen MR) is 146 cm³/mol. The highest BCUT2D eigenvalue weighted by atomic mass is 79.9. The van der Waals surface area contributed by atoms with Crippen molar-refractivity contribution in [3.8, 4) is 5.75 Å². The molecular weight excluding hydrogens is 682 g/mol. The minimum Gasteiger partial charge on any atom is -0.496 e. The molecule has 2 heterocycles. The van der Waals surface area contributed by atoms with Gasteiger partial charge in [0.15, 0.2) is 0 Å². The fourth-order valence-electron chi connectivity index (χ4n) is 4.43. The molecule has 2 aliphatic rings. The monoisotopic (exact) mass is 690 g/mol. The van der Waals surface area contributed by atoms with Gasteiger partial charge in [-0.2, -0.15) is 0 Å². The van der Waals surface area contributed by atoms with Crippen molar-refractivity contribution in [3.63, 3.8) is 0 Å². The second kappa shape index (κ2) is 9.49. The van der Waals surface area contributed by atoms with E-state index in [1.54, 1.807) is 42.5 Å². The van der Waals surface area contributed by atoms with Crippen molar-refractivity contribution < 1.29 is 19.1 Å². The molecule has 0 bridgehead atoms. The molecule has 3 aromatic carbocycles. The Bertz CT molecular complexity index is 1440. The molecule has 0 N–H and O–H groups in total. The van der Waals surface area contributed by atoms with Crippen LogP contribution in [0.3, 0.4) is 0 Å². The van der Waals surface area contributed by atoms with Crippen LogP contribution >= 0.6 is 78.3 Å². The number of anilines is 1. The van der Waals surface area contributed by atoms with E-state index in [1.807, 2.05) is 0 Å². The van der Waals surface area contributed by atoms with E-state index >= 15 is 0 Å². The minimum absolute atomic E-state index is 0.142. The molecule has 184 valence electrons. The normalized spacial score (nSPS) is 19.0. The molecule has 3 aromatic rings. The fraction of sp³-hybridized carbons (Fsp3) is 0.125. The first-order chi connectivity index (χ1) is 17.1. The third-order valence-corrected chi connectivity index (χ3v) is 9.05. The van der Waals surface area contributed by atoms with E-state index in [-0.39, 0.29) is 31.2 Å². The van der Waals surface area contributed by atoms with Crippen LogP contribution in [-0.4, -0.2) is 35.8 Å². The summed E-state index contributed by atoms with van der Waals surface area (Å²) in [7, 11) is 1.53. The number of ether oxygens (including phenoxy) is 1. The summed E-state index contributed by atoms with van der Waals surface area (Å²) >= 11 is 31.7. The number of amides is 3. The maximum atomic E-state index is 13.6. The molecule has 5 rings (SSSR count). The number of benzene rings is 3. The highest BCUT2D eigenvalue weighted by molar-refractivity contribution is 9.10. The largest absolute Gasteiger partial charge is 0.496 e. The van der Waals surface area contributed by atoms with Crippen molar-refractivity contribution in [1.29, 1.82) is 0 Å². The van der Waals surface area contributed by atoms with E-state index in [4.69, 9.17) is 51.1 Å². The Kier molecular flexibility index (Phi) is 6.81. The second-order valence-electron chi connectivity index (χ2n) is 7.95. The molecule has 0 unspecified atom stereocenters. The van der Waals surface area contributed by atoms with Gasteiger partial charge in [0.25, 0.3) is 17.7 Å². The van der Waals surface area contributed by atoms with Gasteiger partial charge in [-0.05, 0) is 57.9 Å². The van der Waals surface area contributed by atoms with Crippen molar-refractivity contribution in [3.05, 3.63) is 88.2 Å². The van der Waals surface area contributed by atoms with E-state index in [0.717, 1.165) is 9.37 Å². The number of hydrogen-bond donors (Lipinski definition) is 0. The number of methoxy groups -OCH3 is 1. The average molecular weight is 694 g/mol. The fourth-order valence-corrected chi connectivity index (χ4v) is 6.27. The third-order valence-electron chi connectivity index (χ3n) is 6.10. The van der Waals surface area contributed by atoms with Gasteiger partial charge in [0.2, 0.25) is 0 Å². The first-order valence-electron chi connectivity index (χ1n) is 10.2. The molecule has 0 aromatic heterocycles. The Morgan fingerprint density at radius 2 is 1.31 bits per heavy atom. The van der Waals surface area contributed by atoms with Gasteiger partial charge >= 0.3 is 0 Å². The molecule has 0 spiro atoms. The van der Waals surface area contributed by atoms with Gasteiger partial charge in [-0.15, -0.1) is 0 Å². The Morgan fingerprint density at radius 3 is 1.81 bits per heavy atom. The van der Waals surface area contributed by atoms with Crippen molar-refractivity contribution >= 4 is 102 Å². The van der Waals surface area contributed by atoms with Crippen LogP contribution < -0.4 is 9.64 Å². The number of imide groups is 1. The maximum Gasteiger partial charge on any atom is 0.264 e. The molecule has 1 saturated heterocycles. The van der Waals surface area contributed by atoms with E-state index in [2.05, 4.69) is 31.9 Å². The van der Waals surface area contributed by atoms with Gasteiger partial charge in [-0.3, -0.25) is 19.3 Å². The molecule has 1 fully saturated rings. The van der Waals surface area contributed by atoms with Crippen LogP contribution in [0.25, 0.3) is 0 Å². The lowest BCUT2D eigenvalue weighted by molar-refractivity contribution is -0.130. The van der Waals surface area contributed by atoms with Crippen molar-refractivity contribution in [1.82, 2.24) is 4.90 Å². The second-order valence-corrected chi connectivity index (χ2v) is 11.2. The zero-order valence-electron chi connectivity index (χ0n) is 18.0. The highest BCUT2D eigenvalue weighted by Crippen LogP contribution is 2.49. The van der Waals surface area contributed by atoms with Crippen LogP contribution in [0.1, 0.15) is 32.3 Å². The summed E-state index contributed by atoms with van der Waals surface area (Å²) in [5.74, 6) is -1.41. The summed E-state index contributed by atoms with van der Waals surface area (Å²) in [5.41, 5.74) is 0.909. The lowest BCUT2D eigenvalue weighted by Crippen LogP contribution is -2.67. The number of β-lactam (4-membered cyclic amide) rings is 1. The Balaban J connectivity index is 1.64. The number of rotatable bonds is 4. The van der Waals surface area contributed by atoms with Crippen LogP contribution in [0.4, 0.5) is 5.69 Å². The van der Waals surface area contributed by atoms with Crippen molar-refractivity contribution in [2.75, 3.05) is 12.0 Å². The quantitative estimate of drug-likeness (QED) is 0.122. The summed E-state index contributed by atoms with van der Waals surface area (Å²) in [5, 5.41) is -0.668. The van der Waals surface area contributed by atoms with Gasteiger partial charge in [-0.25, -0.2) is 0 Å². The molecule has 12 heteroatoms. The lowest BCUT2D eigenvalue weighted by Gasteiger charge is -2.49. The highest BCUT2D eigenvalue weighted by Gasteiger charge is 2.58. The zero-order valence-corrected chi connectivity index (χ0v) is 24.2. The van der Waals surface area contributed by atoms with Gasteiger partial charge in [-0.1, -0.05) is 68.4 Å². The minimum atomic E-state index is -1.16. The molecular formula is C24H12Br2Cl4N2O4. The van der Waals surface area contributed by atoms with Crippen LogP contribution in [0, 0.1) is 0 Å². The number of hydrogen-bond acceptors (Lipinski definition) is 4. The summed E-state index contributed by atoms with van der Waals surface area (Å²) in [6.07, 6.45) is 0. The Morgan fingerprint density at radius 1 is 0.750 bits per heavy atom. The summed E-state index contributed by atoms with van der Waals surface area (Å²) < 4.78 is 6.80. The SMILES string of the molecule is COc1ccc([C@@H]2[C@@H](N3C(=O)c4c(Cl)c(Cl)c(Cl)c(Cl)c4C3=O)C(=O)N2c2ccc(Br)cc2)cc1Br. The first-order valence-corrected chi connectivity index (χ1v) is 13.3. The average Bonchev–Trinajstić information content (AvgIpc) is 3.11. The molecule has 2 aliphatic heterocycles. The Hall–Kier alpha value is -1.81. The molecule has 2 atom stereocenters.